The number of amides is 2. The quantitative estimate of drug-likeness (QED) is 0.244. The molecule has 2 amide bonds. The molecule has 1 aliphatic carbocycles. The van der Waals surface area contributed by atoms with Crippen molar-refractivity contribution < 1.29 is 9.59 Å². The van der Waals surface area contributed by atoms with Gasteiger partial charge < -0.3 is 10.6 Å². The van der Waals surface area contributed by atoms with E-state index in [0.717, 1.165) is 46.8 Å². The summed E-state index contributed by atoms with van der Waals surface area (Å²) in [5.41, 5.74) is 1.53. The standard InChI is InChI=1S/C26H24Cl2N6O2S2/c27-19-10-3-1-6-15(19)13-21(35)29-25-33-31-23(37-25)17-8-5-9-18(12-17)24-32-34-26(38-24)30-22(36)14-16-7-2-4-11-20(16)28/h1-4,6-7,10-11,17-18H,5,8-9,12-14H2,(H,29,33,35)(H,30,34,36). The highest BCUT2D eigenvalue weighted by molar-refractivity contribution is 7.15. The lowest BCUT2D eigenvalue weighted by atomic mass is 9.82. The van der Waals surface area contributed by atoms with E-state index in [1.54, 1.807) is 12.1 Å². The number of nitrogens with one attached hydrogen (secondary N) is 2. The predicted molar refractivity (Wildman–Crippen MR) is 151 cm³/mol. The minimum absolute atomic E-state index is 0.175. The summed E-state index contributed by atoms with van der Waals surface area (Å²) in [5.74, 6) is 0.0888. The molecule has 0 bridgehead atoms. The Hall–Kier alpha value is -2.92. The number of halogens is 2. The fraction of sp³-hybridized carbons (Fsp3) is 0.308. The fourth-order valence-corrected chi connectivity index (χ4v) is 6.71. The van der Waals surface area contributed by atoms with Crippen molar-refractivity contribution in [3.8, 4) is 0 Å². The van der Waals surface area contributed by atoms with Crippen LogP contribution in [0, 0.1) is 0 Å². The second-order valence-electron chi connectivity index (χ2n) is 9.08. The monoisotopic (exact) mass is 586 g/mol. The molecule has 1 saturated carbocycles. The number of rotatable bonds is 8. The maximum atomic E-state index is 12.5. The number of benzene rings is 2. The first kappa shape index (κ1) is 26.7. The van der Waals surface area contributed by atoms with Crippen molar-refractivity contribution in [2.75, 3.05) is 10.6 Å². The smallest absolute Gasteiger partial charge is 0.230 e. The van der Waals surface area contributed by atoms with Gasteiger partial charge in [0.05, 0.1) is 12.8 Å². The SMILES string of the molecule is O=C(Cc1ccccc1Cl)Nc1nnc(C2CCCC(c3nnc(NC(=O)Cc4ccccc4Cl)s3)C2)s1. The summed E-state index contributed by atoms with van der Waals surface area (Å²) >= 11 is 15.1. The van der Waals surface area contributed by atoms with Crippen LogP contribution in [-0.2, 0) is 22.4 Å². The Labute approximate surface area is 237 Å². The molecule has 2 unspecified atom stereocenters. The van der Waals surface area contributed by atoms with Gasteiger partial charge in [-0.3, -0.25) is 9.59 Å². The van der Waals surface area contributed by atoms with Gasteiger partial charge in [0, 0.05) is 21.9 Å². The molecule has 0 aliphatic heterocycles. The molecule has 0 spiro atoms. The van der Waals surface area contributed by atoms with Crippen molar-refractivity contribution >= 4 is 68.0 Å². The molecule has 8 nitrogen and oxygen atoms in total. The molecule has 0 saturated heterocycles. The van der Waals surface area contributed by atoms with Crippen LogP contribution in [0.4, 0.5) is 10.3 Å². The summed E-state index contributed by atoms with van der Waals surface area (Å²) in [6.45, 7) is 0. The van der Waals surface area contributed by atoms with Gasteiger partial charge in [-0.15, -0.1) is 20.4 Å². The molecule has 12 heteroatoms. The third-order valence-corrected chi connectivity index (χ3v) is 9.10. The summed E-state index contributed by atoms with van der Waals surface area (Å²) in [6.07, 6.45) is 4.24. The zero-order chi connectivity index (χ0) is 26.5. The topological polar surface area (TPSA) is 110 Å². The molecule has 2 aromatic heterocycles. The van der Waals surface area contributed by atoms with Crippen LogP contribution in [0.25, 0.3) is 0 Å². The zero-order valence-corrected chi connectivity index (χ0v) is 23.3. The Kier molecular flexibility index (Phi) is 8.63. The third kappa shape index (κ3) is 6.74. The lowest BCUT2D eigenvalue weighted by molar-refractivity contribution is -0.116. The van der Waals surface area contributed by atoms with Crippen molar-refractivity contribution in [1.29, 1.82) is 0 Å². The largest absolute Gasteiger partial charge is 0.300 e. The highest BCUT2D eigenvalue weighted by atomic mass is 35.5. The van der Waals surface area contributed by atoms with Crippen LogP contribution in [0.5, 0.6) is 0 Å². The molecule has 0 radical (unpaired) electrons. The van der Waals surface area contributed by atoms with Crippen LogP contribution in [0.15, 0.2) is 48.5 Å². The van der Waals surface area contributed by atoms with E-state index in [9.17, 15) is 9.59 Å². The van der Waals surface area contributed by atoms with Gasteiger partial charge in [0.1, 0.15) is 10.0 Å². The van der Waals surface area contributed by atoms with Gasteiger partial charge in [0.15, 0.2) is 0 Å². The second-order valence-corrected chi connectivity index (χ2v) is 11.9. The molecule has 38 heavy (non-hydrogen) atoms. The number of hydrogen-bond donors (Lipinski definition) is 2. The van der Waals surface area contributed by atoms with Gasteiger partial charge in [0.2, 0.25) is 22.1 Å². The predicted octanol–water partition coefficient (Wildman–Crippen LogP) is 6.50. The van der Waals surface area contributed by atoms with Crippen LogP contribution < -0.4 is 10.6 Å². The minimum atomic E-state index is -0.180. The first-order chi connectivity index (χ1) is 18.4. The van der Waals surface area contributed by atoms with E-state index in [0.29, 0.717) is 20.3 Å². The van der Waals surface area contributed by atoms with Crippen molar-refractivity contribution in [2.45, 2.75) is 50.4 Å². The van der Waals surface area contributed by atoms with Gasteiger partial charge in [-0.2, -0.15) is 0 Å². The van der Waals surface area contributed by atoms with Gasteiger partial charge in [-0.25, -0.2) is 0 Å². The molecule has 1 fully saturated rings. The zero-order valence-electron chi connectivity index (χ0n) is 20.2. The molecule has 196 valence electrons. The molecule has 2 aromatic carbocycles. The van der Waals surface area contributed by atoms with Crippen LogP contribution in [-0.4, -0.2) is 32.2 Å². The minimum Gasteiger partial charge on any atom is -0.300 e. The van der Waals surface area contributed by atoms with Gasteiger partial charge in [0.25, 0.3) is 0 Å². The number of carbonyl (C=O) groups excluding carboxylic acids is 2. The molecular formula is C26H24Cl2N6O2S2. The van der Waals surface area contributed by atoms with E-state index in [1.165, 1.54) is 22.7 Å². The van der Waals surface area contributed by atoms with E-state index in [1.807, 2.05) is 36.4 Å². The maximum absolute atomic E-state index is 12.5. The van der Waals surface area contributed by atoms with Crippen LogP contribution in [0.1, 0.15) is 58.7 Å². The molecule has 2 atom stereocenters. The lowest BCUT2D eigenvalue weighted by Gasteiger charge is -2.25. The van der Waals surface area contributed by atoms with Crippen LogP contribution in [0.3, 0.4) is 0 Å². The van der Waals surface area contributed by atoms with E-state index >= 15 is 0 Å². The first-order valence-electron chi connectivity index (χ1n) is 12.2. The van der Waals surface area contributed by atoms with Crippen molar-refractivity contribution in [2.24, 2.45) is 0 Å². The fourth-order valence-electron chi connectivity index (χ4n) is 4.49. The molecule has 5 rings (SSSR count). The molecule has 4 aromatic rings. The van der Waals surface area contributed by atoms with E-state index in [2.05, 4.69) is 31.0 Å². The van der Waals surface area contributed by atoms with Gasteiger partial charge in [-0.05, 0) is 42.5 Å². The van der Waals surface area contributed by atoms with E-state index in [4.69, 9.17) is 23.2 Å². The molecular weight excluding hydrogens is 563 g/mol. The van der Waals surface area contributed by atoms with Gasteiger partial charge in [-0.1, -0.05) is 88.7 Å². The average Bonchev–Trinajstić information content (AvgIpc) is 3.57. The molecule has 2 N–H and O–H groups in total. The van der Waals surface area contributed by atoms with E-state index in [-0.39, 0.29) is 36.5 Å². The van der Waals surface area contributed by atoms with Crippen molar-refractivity contribution in [3.63, 3.8) is 0 Å². The van der Waals surface area contributed by atoms with E-state index < -0.39 is 0 Å². The van der Waals surface area contributed by atoms with Gasteiger partial charge >= 0.3 is 0 Å². The summed E-state index contributed by atoms with van der Waals surface area (Å²) in [4.78, 5) is 24.9. The number of aromatic nitrogens is 4. The summed E-state index contributed by atoms with van der Waals surface area (Å²) in [6, 6.07) is 14.6. The average molecular weight is 588 g/mol. The number of hydrogen-bond acceptors (Lipinski definition) is 8. The highest BCUT2D eigenvalue weighted by Gasteiger charge is 2.29. The maximum Gasteiger partial charge on any atom is 0.230 e. The molecule has 1 aliphatic rings. The number of anilines is 2. The van der Waals surface area contributed by atoms with Crippen LogP contribution >= 0.6 is 45.9 Å². The van der Waals surface area contributed by atoms with Crippen molar-refractivity contribution in [1.82, 2.24) is 20.4 Å². The first-order valence-corrected chi connectivity index (χ1v) is 14.6. The summed E-state index contributed by atoms with van der Waals surface area (Å²) < 4.78 is 0. The Morgan fingerprint density at radius 1 is 0.737 bits per heavy atom. The highest BCUT2D eigenvalue weighted by Crippen LogP contribution is 2.43. The number of carbonyl (C=O) groups is 2. The normalized spacial score (nSPS) is 17.2. The molecule has 2 heterocycles. The Morgan fingerprint density at radius 2 is 1.18 bits per heavy atom. The summed E-state index contributed by atoms with van der Waals surface area (Å²) in [5, 5.41) is 26.7. The van der Waals surface area contributed by atoms with Crippen molar-refractivity contribution in [3.05, 3.63) is 79.7 Å². The summed E-state index contributed by atoms with van der Waals surface area (Å²) in [7, 11) is 0. The third-order valence-electron chi connectivity index (χ3n) is 6.36. The second kappa shape index (κ2) is 12.3. The Morgan fingerprint density at radius 3 is 1.63 bits per heavy atom. The Bertz CT molecular complexity index is 1340. The number of nitrogens with zero attached hydrogens (tertiary/aromatic N) is 4. The lowest BCUT2D eigenvalue weighted by Crippen LogP contribution is -2.14. The van der Waals surface area contributed by atoms with Crippen LogP contribution in [0.2, 0.25) is 10.0 Å². The Balaban J connectivity index is 1.16.